The van der Waals surface area contributed by atoms with Crippen LogP contribution in [0.5, 0.6) is 0 Å². The quantitative estimate of drug-likeness (QED) is 0.765. The van der Waals surface area contributed by atoms with Crippen LogP contribution in [0.4, 0.5) is 0 Å². The first kappa shape index (κ1) is 12.4. The molecule has 3 unspecified atom stereocenters. The van der Waals surface area contributed by atoms with Gasteiger partial charge in [0.25, 0.3) is 0 Å². The maximum absolute atomic E-state index is 11.9. The van der Waals surface area contributed by atoms with Crippen LogP contribution in [0, 0.1) is 11.8 Å². The lowest BCUT2D eigenvalue weighted by Crippen LogP contribution is -2.43. The van der Waals surface area contributed by atoms with Crippen molar-refractivity contribution in [3.8, 4) is 0 Å². The highest BCUT2D eigenvalue weighted by molar-refractivity contribution is 5.81. The summed E-state index contributed by atoms with van der Waals surface area (Å²) in [6.45, 7) is 1.36. The first-order chi connectivity index (χ1) is 8.16. The van der Waals surface area contributed by atoms with Crippen molar-refractivity contribution < 1.29 is 19.4 Å². The van der Waals surface area contributed by atoms with E-state index in [0.29, 0.717) is 25.9 Å². The number of hydrogen-bond donors (Lipinski definition) is 2. The van der Waals surface area contributed by atoms with Gasteiger partial charge in [0.1, 0.15) is 0 Å². The number of carbonyl (C=O) groups excluding carboxylic acids is 1. The average molecular weight is 241 g/mol. The van der Waals surface area contributed by atoms with Gasteiger partial charge in [-0.15, -0.1) is 0 Å². The van der Waals surface area contributed by atoms with Crippen LogP contribution in [-0.4, -0.2) is 36.2 Å². The molecule has 5 heteroatoms. The number of hydrogen-bond acceptors (Lipinski definition) is 3. The van der Waals surface area contributed by atoms with E-state index in [1.807, 2.05) is 0 Å². The molecule has 2 N–H and O–H groups in total. The van der Waals surface area contributed by atoms with Crippen molar-refractivity contribution in [1.29, 1.82) is 0 Å². The summed E-state index contributed by atoms with van der Waals surface area (Å²) in [7, 11) is 0. The molecule has 2 fully saturated rings. The minimum Gasteiger partial charge on any atom is -0.481 e. The number of ether oxygens (including phenoxy) is 1. The van der Waals surface area contributed by atoms with Crippen LogP contribution in [0.3, 0.4) is 0 Å². The van der Waals surface area contributed by atoms with Crippen LogP contribution >= 0.6 is 0 Å². The lowest BCUT2D eigenvalue weighted by atomic mass is 10.0. The second-order valence-electron chi connectivity index (χ2n) is 4.97. The molecule has 1 amide bonds. The average Bonchev–Trinajstić information content (AvgIpc) is 2.79. The SMILES string of the molecule is O=C(O)C1CCC(C(=O)NC2CCCOC2)C1. The van der Waals surface area contributed by atoms with Crippen molar-refractivity contribution in [3.63, 3.8) is 0 Å². The molecule has 3 atom stereocenters. The molecule has 0 aromatic rings. The summed E-state index contributed by atoms with van der Waals surface area (Å²) >= 11 is 0. The Labute approximate surface area is 101 Å². The van der Waals surface area contributed by atoms with E-state index in [1.165, 1.54) is 0 Å². The fourth-order valence-electron chi connectivity index (χ4n) is 2.62. The largest absolute Gasteiger partial charge is 0.481 e. The highest BCUT2D eigenvalue weighted by Crippen LogP contribution is 2.31. The van der Waals surface area contributed by atoms with Crippen LogP contribution in [-0.2, 0) is 14.3 Å². The molecule has 2 aliphatic rings. The third-order valence-electron chi connectivity index (χ3n) is 3.66. The van der Waals surface area contributed by atoms with Gasteiger partial charge in [-0.2, -0.15) is 0 Å². The maximum Gasteiger partial charge on any atom is 0.306 e. The molecule has 17 heavy (non-hydrogen) atoms. The van der Waals surface area contributed by atoms with Crippen LogP contribution in [0.15, 0.2) is 0 Å². The van der Waals surface area contributed by atoms with Crippen molar-refractivity contribution in [2.75, 3.05) is 13.2 Å². The fraction of sp³-hybridized carbons (Fsp3) is 0.833. The Bertz CT molecular complexity index is 299. The van der Waals surface area contributed by atoms with Gasteiger partial charge in [-0.05, 0) is 32.1 Å². The number of carbonyl (C=O) groups is 2. The maximum atomic E-state index is 11.9. The van der Waals surface area contributed by atoms with E-state index in [0.717, 1.165) is 19.4 Å². The second-order valence-corrected chi connectivity index (χ2v) is 4.97. The van der Waals surface area contributed by atoms with Gasteiger partial charge in [0.05, 0.1) is 18.6 Å². The number of aliphatic carboxylic acids is 1. The van der Waals surface area contributed by atoms with E-state index in [-0.39, 0.29) is 23.8 Å². The van der Waals surface area contributed by atoms with E-state index in [9.17, 15) is 9.59 Å². The molecule has 1 heterocycles. The number of rotatable bonds is 3. The van der Waals surface area contributed by atoms with Crippen LogP contribution < -0.4 is 5.32 Å². The Kier molecular flexibility index (Phi) is 3.99. The topological polar surface area (TPSA) is 75.6 Å². The molecular formula is C12H19NO4. The molecule has 0 aromatic carbocycles. The number of carboxylic acids is 1. The van der Waals surface area contributed by atoms with Crippen LogP contribution in [0.2, 0.25) is 0 Å². The Balaban J connectivity index is 1.78. The smallest absolute Gasteiger partial charge is 0.306 e. The van der Waals surface area contributed by atoms with Gasteiger partial charge in [-0.25, -0.2) is 0 Å². The summed E-state index contributed by atoms with van der Waals surface area (Å²) in [5.74, 6) is -1.24. The summed E-state index contributed by atoms with van der Waals surface area (Å²) < 4.78 is 5.30. The zero-order valence-corrected chi connectivity index (χ0v) is 9.85. The molecule has 0 radical (unpaired) electrons. The lowest BCUT2D eigenvalue weighted by Gasteiger charge is -2.24. The molecule has 0 aromatic heterocycles. The van der Waals surface area contributed by atoms with Crippen molar-refractivity contribution in [2.45, 2.75) is 38.1 Å². The van der Waals surface area contributed by atoms with E-state index in [4.69, 9.17) is 9.84 Å². The number of carboxylic acid groups (broad SMARTS) is 1. The molecule has 2 rings (SSSR count). The normalized spacial score (nSPS) is 33.3. The van der Waals surface area contributed by atoms with E-state index in [2.05, 4.69) is 5.32 Å². The van der Waals surface area contributed by atoms with E-state index < -0.39 is 5.97 Å². The van der Waals surface area contributed by atoms with Crippen molar-refractivity contribution in [3.05, 3.63) is 0 Å². The van der Waals surface area contributed by atoms with Gasteiger partial charge < -0.3 is 15.2 Å². The minimum absolute atomic E-state index is 0.00394. The molecule has 1 aliphatic carbocycles. The predicted octanol–water partition coefficient (Wildman–Crippen LogP) is 0.782. The van der Waals surface area contributed by atoms with Crippen molar-refractivity contribution in [2.24, 2.45) is 11.8 Å². The van der Waals surface area contributed by atoms with Gasteiger partial charge in [0.15, 0.2) is 0 Å². The molecule has 96 valence electrons. The van der Waals surface area contributed by atoms with Gasteiger partial charge >= 0.3 is 5.97 Å². The molecule has 1 aliphatic heterocycles. The monoisotopic (exact) mass is 241 g/mol. The van der Waals surface area contributed by atoms with Gasteiger partial charge in [0, 0.05) is 12.5 Å². The standard InChI is InChI=1S/C12H19NO4/c14-11(13-10-2-1-5-17-7-10)8-3-4-9(6-8)12(15)16/h8-10H,1-7H2,(H,13,14)(H,15,16). The van der Waals surface area contributed by atoms with Crippen molar-refractivity contribution in [1.82, 2.24) is 5.32 Å². The molecular weight excluding hydrogens is 222 g/mol. The first-order valence-electron chi connectivity index (χ1n) is 6.27. The van der Waals surface area contributed by atoms with Gasteiger partial charge in [0.2, 0.25) is 5.91 Å². The minimum atomic E-state index is -0.777. The Morgan fingerprint density at radius 1 is 1.18 bits per heavy atom. The Morgan fingerprint density at radius 2 is 1.94 bits per heavy atom. The lowest BCUT2D eigenvalue weighted by molar-refractivity contribution is -0.141. The molecule has 1 saturated heterocycles. The third-order valence-corrected chi connectivity index (χ3v) is 3.66. The molecule has 0 spiro atoms. The van der Waals surface area contributed by atoms with Crippen molar-refractivity contribution >= 4 is 11.9 Å². The summed E-state index contributed by atoms with van der Waals surface area (Å²) in [6, 6.07) is 0.111. The van der Waals surface area contributed by atoms with Gasteiger partial charge in [-0.3, -0.25) is 9.59 Å². The summed E-state index contributed by atoms with van der Waals surface area (Å²) in [5.41, 5.74) is 0. The summed E-state index contributed by atoms with van der Waals surface area (Å²) in [5, 5.41) is 11.8. The van der Waals surface area contributed by atoms with Crippen LogP contribution in [0.25, 0.3) is 0 Å². The number of amides is 1. The highest BCUT2D eigenvalue weighted by atomic mass is 16.5. The molecule has 1 saturated carbocycles. The Morgan fingerprint density at radius 3 is 2.53 bits per heavy atom. The zero-order chi connectivity index (χ0) is 12.3. The van der Waals surface area contributed by atoms with Crippen LogP contribution in [0.1, 0.15) is 32.1 Å². The predicted molar refractivity (Wildman–Crippen MR) is 60.5 cm³/mol. The number of nitrogens with one attached hydrogen (secondary N) is 1. The van der Waals surface area contributed by atoms with Gasteiger partial charge in [-0.1, -0.05) is 0 Å². The second kappa shape index (κ2) is 5.49. The summed E-state index contributed by atoms with van der Waals surface area (Å²) in [4.78, 5) is 22.7. The van der Waals surface area contributed by atoms with E-state index in [1.54, 1.807) is 0 Å². The molecule has 5 nitrogen and oxygen atoms in total. The highest BCUT2D eigenvalue weighted by Gasteiger charge is 2.34. The summed E-state index contributed by atoms with van der Waals surface area (Å²) in [6.07, 6.45) is 3.73. The molecule has 0 bridgehead atoms. The fourth-order valence-corrected chi connectivity index (χ4v) is 2.62. The zero-order valence-electron chi connectivity index (χ0n) is 9.85. The first-order valence-corrected chi connectivity index (χ1v) is 6.27. The Hall–Kier alpha value is -1.10. The van der Waals surface area contributed by atoms with E-state index >= 15 is 0 Å². The third kappa shape index (κ3) is 3.19.